The van der Waals surface area contributed by atoms with Crippen LogP contribution in [0.4, 0.5) is 10.2 Å². The van der Waals surface area contributed by atoms with Crippen molar-refractivity contribution in [2.24, 2.45) is 0 Å². The van der Waals surface area contributed by atoms with E-state index in [1.54, 1.807) is 49.5 Å². The van der Waals surface area contributed by atoms with Gasteiger partial charge < -0.3 is 5.32 Å². The van der Waals surface area contributed by atoms with Crippen LogP contribution in [0.25, 0.3) is 15.3 Å². The normalized spacial score (nSPS) is 11.0. The Bertz CT molecular complexity index is 1070. The van der Waals surface area contributed by atoms with Crippen LogP contribution in [0.3, 0.4) is 0 Å². The molecule has 3 heterocycles. The second kappa shape index (κ2) is 6.06. The second-order valence-electron chi connectivity index (χ2n) is 5.33. The molecule has 0 unspecified atom stereocenters. The molecule has 8 heteroatoms. The van der Waals surface area contributed by atoms with Crippen LogP contribution in [0, 0.1) is 12.7 Å². The summed E-state index contributed by atoms with van der Waals surface area (Å²) in [7, 11) is 0. The molecule has 4 aromatic rings. The molecule has 4 rings (SSSR count). The Morgan fingerprint density at radius 3 is 2.88 bits per heavy atom. The van der Waals surface area contributed by atoms with E-state index in [-0.39, 0.29) is 17.2 Å². The molecule has 0 saturated carbocycles. The lowest BCUT2D eigenvalue weighted by Crippen LogP contribution is -2.16. The number of carbonyl (C=O) groups is 1. The van der Waals surface area contributed by atoms with Gasteiger partial charge in [0.15, 0.2) is 0 Å². The molecule has 0 radical (unpaired) electrons. The van der Waals surface area contributed by atoms with E-state index in [4.69, 9.17) is 0 Å². The van der Waals surface area contributed by atoms with Gasteiger partial charge in [0.25, 0.3) is 5.91 Å². The van der Waals surface area contributed by atoms with Crippen molar-refractivity contribution < 1.29 is 9.18 Å². The number of nitrogens with zero attached hydrogens (tertiary/aromatic N) is 4. The zero-order chi connectivity index (χ0) is 17.4. The molecule has 3 aromatic heterocycles. The quantitative estimate of drug-likeness (QED) is 0.611. The van der Waals surface area contributed by atoms with E-state index in [9.17, 15) is 9.18 Å². The van der Waals surface area contributed by atoms with Crippen LogP contribution in [0.1, 0.15) is 16.2 Å². The highest BCUT2D eigenvalue weighted by Crippen LogP contribution is 2.28. The number of fused-ring (bicyclic) bond motifs is 1. The average molecular weight is 353 g/mol. The summed E-state index contributed by atoms with van der Waals surface area (Å²) in [6.07, 6.45) is 1.55. The molecule has 6 nitrogen and oxygen atoms in total. The summed E-state index contributed by atoms with van der Waals surface area (Å²) in [4.78, 5) is 20.7. The van der Waals surface area contributed by atoms with Crippen LogP contribution < -0.4 is 5.32 Å². The van der Waals surface area contributed by atoms with Gasteiger partial charge in [0.05, 0.1) is 10.4 Å². The molecule has 25 heavy (non-hydrogen) atoms. The minimum atomic E-state index is -0.386. The first-order valence-electron chi connectivity index (χ1n) is 7.46. The van der Waals surface area contributed by atoms with Gasteiger partial charge in [-0.05, 0) is 31.2 Å². The molecule has 0 spiro atoms. The van der Waals surface area contributed by atoms with Crippen molar-refractivity contribution in [1.82, 2.24) is 19.7 Å². The van der Waals surface area contributed by atoms with Crippen molar-refractivity contribution in [3.05, 3.63) is 65.9 Å². The Labute approximate surface area is 146 Å². The topological polar surface area (TPSA) is 72.7 Å². The number of pyridine rings is 1. The van der Waals surface area contributed by atoms with Crippen LogP contribution in [0.15, 0.2) is 48.7 Å². The molecule has 0 aliphatic heterocycles. The summed E-state index contributed by atoms with van der Waals surface area (Å²) in [5, 5.41) is 7.61. The summed E-state index contributed by atoms with van der Waals surface area (Å²) >= 11 is 1.30. The SMILES string of the molecule is Cc1cc(NC(=O)c2ccccn2)n(-c2nc3c(F)cccc3s2)n1. The molecule has 0 fully saturated rings. The number of amides is 1. The third-order valence-corrected chi connectivity index (χ3v) is 4.51. The Kier molecular flexibility index (Phi) is 3.73. The zero-order valence-corrected chi connectivity index (χ0v) is 13.9. The van der Waals surface area contributed by atoms with E-state index >= 15 is 0 Å². The van der Waals surface area contributed by atoms with Crippen molar-refractivity contribution in [3.63, 3.8) is 0 Å². The molecule has 0 atom stereocenters. The number of halogens is 1. The van der Waals surface area contributed by atoms with E-state index in [1.165, 1.54) is 22.1 Å². The Hall–Kier alpha value is -3.13. The highest BCUT2D eigenvalue weighted by molar-refractivity contribution is 7.20. The second-order valence-corrected chi connectivity index (χ2v) is 6.34. The number of benzene rings is 1. The fraction of sp³-hybridized carbons (Fsp3) is 0.0588. The number of anilines is 1. The van der Waals surface area contributed by atoms with Gasteiger partial charge in [-0.25, -0.2) is 9.37 Å². The highest BCUT2D eigenvalue weighted by Gasteiger charge is 2.16. The van der Waals surface area contributed by atoms with Crippen LogP contribution in [0.5, 0.6) is 0 Å². The van der Waals surface area contributed by atoms with E-state index in [0.29, 0.717) is 27.0 Å². The number of rotatable bonds is 3. The summed E-state index contributed by atoms with van der Waals surface area (Å²) in [6.45, 7) is 1.81. The van der Waals surface area contributed by atoms with Crippen molar-refractivity contribution >= 4 is 33.3 Å². The maximum absolute atomic E-state index is 13.9. The number of aromatic nitrogens is 4. The smallest absolute Gasteiger partial charge is 0.275 e. The lowest BCUT2D eigenvalue weighted by Gasteiger charge is -2.05. The van der Waals surface area contributed by atoms with Crippen molar-refractivity contribution in [1.29, 1.82) is 0 Å². The molecule has 0 aliphatic rings. The third kappa shape index (κ3) is 2.87. The Morgan fingerprint density at radius 1 is 1.24 bits per heavy atom. The maximum Gasteiger partial charge on any atom is 0.275 e. The molecule has 0 saturated heterocycles. The van der Waals surface area contributed by atoms with Gasteiger partial charge in [0.2, 0.25) is 5.13 Å². The number of nitrogens with one attached hydrogen (secondary N) is 1. The molecule has 0 aliphatic carbocycles. The number of hydrogen-bond donors (Lipinski definition) is 1. The van der Waals surface area contributed by atoms with Crippen LogP contribution in [0.2, 0.25) is 0 Å². The third-order valence-electron chi connectivity index (χ3n) is 3.51. The standard InChI is InChI=1S/C17H12FN5OS/c1-10-9-14(20-16(24)12-6-2-3-8-19-12)23(22-10)17-21-15-11(18)5-4-7-13(15)25-17/h2-9H,1H3,(H,20,24). The molecular weight excluding hydrogens is 341 g/mol. The number of thiazole rings is 1. The Balaban J connectivity index is 1.73. The van der Waals surface area contributed by atoms with Crippen LogP contribution >= 0.6 is 11.3 Å². The van der Waals surface area contributed by atoms with Gasteiger partial charge in [-0.3, -0.25) is 9.78 Å². The van der Waals surface area contributed by atoms with Crippen LogP contribution in [-0.4, -0.2) is 25.7 Å². The van der Waals surface area contributed by atoms with Gasteiger partial charge in [-0.1, -0.05) is 23.5 Å². The summed E-state index contributed by atoms with van der Waals surface area (Å²) < 4.78 is 16.1. The van der Waals surface area contributed by atoms with Gasteiger partial charge in [0, 0.05) is 12.3 Å². The van der Waals surface area contributed by atoms with Gasteiger partial charge in [0.1, 0.15) is 22.8 Å². The monoisotopic (exact) mass is 353 g/mol. The van der Waals surface area contributed by atoms with Crippen LogP contribution in [-0.2, 0) is 0 Å². The number of para-hydroxylation sites is 1. The largest absolute Gasteiger partial charge is 0.305 e. The van der Waals surface area contributed by atoms with Gasteiger partial charge in [-0.2, -0.15) is 9.78 Å². The van der Waals surface area contributed by atoms with Crippen molar-refractivity contribution in [3.8, 4) is 5.13 Å². The number of carbonyl (C=O) groups excluding carboxylic acids is 1. The molecule has 1 N–H and O–H groups in total. The predicted molar refractivity (Wildman–Crippen MR) is 93.6 cm³/mol. The molecular formula is C17H12FN5OS. The minimum Gasteiger partial charge on any atom is -0.305 e. The summed E-state index contributed by atoms with van der Waals surface area (Å²) in [5.74, 6) is -0.287. The number of aryl methyl sites for hydroxylation is 1. The molecule has 124 valence electrons. The zero-order valence-electron chi connectivity index (χ0n) is 13.1. The average Bonchev–Trinajstić information content (AvgIpc) is 3.20. The first-order chi connectivity index (χ1) is 12.1. The summed E-state index contributed by atoms with van der Waals surface area (Å²) in [6, 6.07) is 11.6. The van der Waals surface area contributed by atoms with E-state index in [1.807, 2.05) is 0 Å². The van der Waals surface area contributed by atoms with Crippen molar-refractivity contribution in [2.45, 2.75) is 6.92 Å². The van der Waals surface area contributed by atoms with Crippen molar-refractivity contribution in [2.75, 3.05) is 5.32 Å². The van der Waals surface area contributed by atoms with Gasteiger partial charge >= 0.3 is 0 Å². The maximum atomic E-state index is 13.9. The predicted octanol–water partition coefficient (Wildman–Crippen LogP) is 3.58. The van der Waals surface area contributed by atoms with Gasteiger partial charge in [-0.15, -0.1) is 0 Å². The highest BCUT2D eigenvalue weighted by atomic mass is 32.1. The van der Waals surface area contributed by atoms with E-state index in [0.717, 1.165) is 0 Å². The van der Waals surface area contributed by atoms with E-state index < -0.39 is 0 Å². The first kappa shape index (κ1) is 15.4. The Morgan fingerprint density at radius 2 is 2.12 bits per heavy atom. The lowest BCUT2D eigenvalue weighted by molar-refractivity contribution is 0.102. The first-order valence-corrected chi connectivity index (χ1v) is 8.28. The minimum absolute atomic E-state index is 0.289. The fourth-order valence-corrected chi connectivity index (χ4v) is 3.35. The molecule has 1 aromatic carbocycles. The van der Waals surface area contributed by atoms with E-state index in [2.05, 4.69) is 20.4 Å². The fourth-order valence-electron chi connectivity index (χ4n) is 2.41. The molecule has 0 bridgehead atoms. The molecule has 1 amide bonds. The summed E-state index contributed by atoms with van der Waals surface area (Å²) in [5.41, 5.74) is 1.29. The number of hydrogen-bond acceptors (Lipinski definition) is 5. The lowest BCUT2D eigenvalue weighted by atomic mass is 10.3.